The minimum absolute atomic E-state index is 0.0525. The number of nitrogens with one attached hydrogen (secondary N) is 1. The van der Waals surface area contributed by atoms with Crippen molar-refractivity contribution in [3.63, 3.8) is 0 Å². The predicted molar refractivity (Wildman–Crippen MR) is 67.5 cm³/mol. The van der Waals surface area contributed by atoms with Crippen LogP contribution in [0.3, 0.4) is 0 Å². The number of carboxylic acids is 1. The normalized spacial score (nSPS) is 10.5. The first kappa shape index (κ1) is 14.6. The van der Waals surface area contributed by atoms with E-state index in [0.717, 1.165) is 12.3 Å². The fourth-order valence-electron chi connectivity index (χ4n) is 1.55. The second-order valence-electron chi connectivity index (χ2n) is 3.85. The van der Waals surface area contributed by atoms with Crippen molar-refractivity contribution in [2.24, 2.45) is 0 Å². The highest BCUT2D eigenvalue weighted by Crippen LogP contribution is 2.23. The molecule has 8 heteroatoms. The van der Waals surface area contributed by atoms with Gasteiger partial charge >= 0.3 is 12.6 Å². The second kappa shape index (κ2) is 6.12. The highest BCUT2D eigenvalue weighted by atomic mass is 19.3. The summed E-state index contributed by atoms with van der Waals surface area (Å²) in [4.78, 5) is 14.5. The molecule has 1 aromatic heterocycles. The number of rotatable bonds is 5. The van der Waals surface area contributed by atoms with E-state index in [0.29, 0.717) is 5.69 Å². The summed E-state index contributed by atoms with van der Waals surface area (Å²) in [7, 11) is 0. The van der Waals surface area contributed by atoms with Gasteiger partial charge in [0.1, 0.15) is 11.3 Å². The number of pyridine rings is 1. The van der Waals surface area contributed by atoms with Gasteiger partial charge in [-0.2, -0.15) is 8.78 Å². The van der Waals surface area contributed by atoms with Gasteiger partial charge in [0, 0.05) is 11.9 Å². The van der Waals surface area contributed by atoms with Gasteiger partial charge in [-0.3, -0.25) is 0 Å². The third kappa shape index (κ3) is 3.62. The van der Waals surface area contributed by atoms with E-state index in [9.17, 15) is 18.0 Å². The molecule has 0 saturated carbocycles. The Kier molecular flexibility index (Phi) is 4.27. The molecule has 2 N–H and O–H groups in total. The van der Waals surface area contributed by atoms with Crippen LogP contribution in [-0.4, -0.2) is 22.7 Å². The average molecular weight is 298 g/mol. The van der Waals surface area contributed by atoms with E-state index >= 15 is 0 Å². The van der Waals surface area contributed by atoms with Crippen LogP contribution in [0, 0.1) is 5.82 Å². The van der Waals surface area contributed by atoms with Crippen molar-refractivity contribution in [1.82, 2.24) is 4.98 Å². The molecule has 2 rings (SSSR count). The summed E-state index contributed by atoms with van der Waals surface area (Å²) in [5, 5.41) is 11.3. The Morgan fingerprint density at radius 2 is 1.90 bits per heavy atom. The molecule has 0 spiro atoms. The molecule has 0 aliphatic carbocycles. The number of benzene rings is 1. The summed E-state index contributed by atoms with van der Waals surface area (Å²) in [5.41, 5.74) is -0.185. The molecule has 0 unspecified atom stereocenters. The lowest BCUT2D eigenvalue weighted by Gasteiger charge is -2.09. The third-order valence-corrected chi connectivity index (χ3v) is 2.46. The molecule has 0 bridgehead atoms. The quantitative estimate of drug-likeness (QED) is 0.886. The number of alkyl halides is 2. The van der Waals surface area contributed by atoms with E-state index in [1.54, 1.807) is 0 Å². The van der Waals surface area contributed by atoms with Crippen LogP contribution in [0.4, 0.5) is 24.7 Å². The first-order valence-corrected chi connectivity index (χ1v) is 5.67. The molecule has 0 aliphatic rings. The lowest BCUT2D eigenvalue weighted by Crippen LogP contribution is -2.05. The average Bonchev–Trinajstić information content (AvgIpc) is 2.42. The SMILES string of the molecule is O=C(O)c1ccnc(Nc2ccc(OC(F)F)cc2)c1F. The zero-order chi connectivity index (χ0) is 15.4. The van der Waals surface area contributed by atoms with Gasteiger partial charge in [-0.1, -0.05) is 0 Å². The number of aromatic carboxylic acids is 1. The van der Waals surface area contributed by atoms with Gasteiger partial charge in [-0.05, 0) is 30.3 Å². The fraction of sp³-hybridized carbons (Fsp3) is 0.0769. The number of ether oxygens (including phenoxy) is 1. The monoisotopic (exact) mass is 298 g/mol. The number of carboxylic acid groups (broad SMARTS) is 1. The Morgan fingerprint density at radius 3 is 2.48 bits per heavy atom. The Balaban J connectivity index is 2.19. The van der Waals surface area contributed by atoms with E-state index in [2.05, 4.69) is 15.0 Å². The molecule has 0 saturated heterocycles. The molecular weight excluding hydrogens is 289 g/mol. The lowest BCUT2D eigenvalue weighted by atomic mass is 10.2. The van der Waals surface area contributed by atoms with Gasteiger partial charge < -0.3 is 15.2 Å². The van der Waals surface area contributed by atoms with Crippen LogP contribution >= 0.6 is 0 Å². The smallest absolute Gasteiger partial charge is 0.387 e. The molecule has 0 fully saturated rings. The third-order valence-electron chi connectivity index (χ3n) is 2.46. The number of hydrogen-bond donors (Lipinski definition) is 2. The van der Waals surface area contributed by atoms with Crippen LogP contribution in [0.1, 0.15) is 10.4 Å². The molecule has 1 aromatic carbocycles. The first-order valence-electron chi connectivity index (χ1n) is 5.67. The minimum Gasteiger partial charge on any atom is -0.478 e. The zero-order valence-electron chi connectivity index (χ0n) is 10.4. The number of carbonyl (C=O) groups is 1. The molecule has 0 atom stereocenters. The summed E-state index contributed by atoms with van der Waals surface area (Å²) in [6, 6.07) is 6.28. The lowest BCUT2D eigenvalue weighted by molar-refractivity contribution is -0.0498. The van der Waals surface area contributed by atoms with Gasteiger partial charge in [-0.15, -0.1) is 0 Å². The maximum absolute atomic E-state index is 13.8. The van der Waals surface area contributed by atoms with Crippen LogP contribution in [-0.2, 0) is 0 Å². The van der Waals surface area contributed by atoms with Crippen LogP contribution in [0.2, 0.25) is 0 Å². The van der Waals surface area contributed by atoms with Gasteiger partial charge in [-0.25, -0.2) is 14.2 Å². The van der Waals surface area contributed by atoms with Crippen molar-refractivity contribution < 1.29 is 27.8 Å². The van der Waals surface area contributed by atoms with Crippen molar-refractivity contribution in [3.05, 3.63) is 47.9 Å². The Labute approximate surface area is 117 Å². The maximum Gasteiger partial charge on any atom is 0.387 e. The molecular formula is C13H9F3N2O3. The van der Waals surface area contributed by atoms with E-state index in [1.807, 2.05) is 0 Å². The highest BCUT2D eigenvalue weighted by Gasteiger charge is 2.15. The van der Waals surface area contributed by atoms with Gasteiger partial charge in [0.05, 0.1) is 0 Å². The number of nitrogens with zero attached hydrogens (tertiary/aromatic N) is 1. The summed E-state index contributed by atoms with van der Waals surface area (Å²) in [6.45, 7) is -2.94. The van der Waals surface area contributed by atoms with Crippen LogP contribution < -0.4 is 10.1 Å². The van der Waals surface area contributed by atoms with E-state index in [4.69, 9.17) is 5.11 Å². The largest absolute Gasteiger partial charge is 0.478 e. The number of anilines is 2. The zero-order valence-corrected chi connectivity index (χ0v) is 10.4. The van der Waals surface area contributed by atoms with Crippen LogP contribution in [0.25, 0.3) is 0 Å². The maximum atomic E-state index is 13.8. The molecule has 0 amide bonds. The molecule has 2 aromatic rings. The summed E-state index contributed by atoms with van der Waals surface area (Å²) < 4.78 is 42.0. The van der Waals surface area contributed by atoms with Crippen molar-refractivity contribution in [2.45, 2.75) is 6.61 Å². The summed E-state index contributed by atoms with van der Waals surface area (Å²) >= 11 is 0. The first-order chi connectivity index (χ1) is 9.97. The number of halogens is 3. The Morgan fingerprint density at radius 1 is 1.24 bits per heavy atom. The van der Waals surface area contributed by atoms with Crippen molar-refractivity contribution in [3.8, 4) is 5.75 Å². The van der Waals surface area contributed by atoms with Gasteiger partial charge in [0.15, 0.2) is 11.6 Å². The summed E-state index contributed by atoms with van der Waals surface area (Å²) in [5.74, 6) is -2.77. The Bertz CT molecular complexity index is 648. The topological polar surface area (TPSA) is 71.5 Å². The number of aromatic nitrogens is 1. The molecule has 0 radical (unpaired) electrons. The van der Waals surface area contributed by atoms with Crippen molar-refractivity contribution in [2.75, 3.05) is 5.32 Å². The molecule has 21 heavy (non-hydrogen) atoms. The van der Waals surface area contributed by atoms with Crippen LogP contribution in [0.5, 0.6) is 5.75 Å². The minimum atomic E-state index is -2.94. The van der Waals surface area contributed by atoms with Crippen molar-refractivity contribution in [1.29, 1.82) is 0 Å². The Hall–Kier alpha value is -2.77. The summed E-state index contributed by atoms with van der Waals surface area (Å²) in [6.07, 6.45) is 1.14. The van der Waals surface area contributed by atoms with Gasteiger partial charge in [0.2, 0.25) is 0 Å². The molecule has 0 aliphatic heterocycles. The fourth-order valence-corrected chi connectivity index (χ4v) is 1.55. The van der Waals surface area contributed by atoms with E-state index in [1.165, 1.54) is 24.3 Å². The van der Waals surface area contributed by atoms with E-state index in [-0.39, 0.29) is 11.6 Å². The standard InChI is InChI=1S/C13H9F3N2O3/c14-10-9(12(19)20)5-6-17-11(10)18-7-1-3-8(4-2-7)21-13(15)16/h1-6,13H,(H,17,18)(H,19,20). The molecule has 1 heterocycles. The second-order valence-corrected chi connectivity index (χ2v) is 3.85. The van der Waals surface area contributed by atoms with Crippen LogP contribution in [0.15, 0.2) is 36.5 Å². The van der Waals surface area contributed by atoms with E-state index < -0.39 is 24.0 Å². The predicted octanol–water partition coefficient (Wildman–Crippen LogP) is 3.26. The number of hydrogen-bond acceptors (Lipinski definition) is 4. The highest BCUT2D eigenvalue weighted by molar-refractivity contribution is 5.89. The molecule has 5 nitrogen and oxygen atoms in total. The molecule has 110 valence electrons. The van der Waals surface area contributed by atoms with Gasteiger partial charge in [0.25, 0.3) is 0 Å². The van der Waals surface area contributed by atoms with Crippen molar-refractivity contribution >= 4 is 17.5 Å².